The van der Waals surface area contributed by atoms with E-state index in [1.54, 1.807) is 32.2 Å². The molecule has 2 aromatic carbocycles. The van der Waals surface area contributed by atoms with Gasteiger partial charge in [-0.2, -0.15) is 18.3 Å². The summed E-state index contributed by atoms with van der Waals surface area (Å²) in [4.78, 5) is 29.9. The molecule has 0 atom stereocenters. The number of fused-ring (bicyclic) bond motifs is 1. The number of anilines is 1. The summed E-state index contributed by atoms with van der Waals surface area (Å²) in [6.45, 7) is 1.72. The Hall–Kier alpha value is -4.35. The zero-order valence-corrected chi connectivity index (χ0v) is 19.7. The first-order valence-corrected chi connectivity index (χ1v) is 11.3. The largest absolute Gasteiger partial charge is 0.481 e. The van der Waals surface area contributed by atoms with Gasteiger partial charge in [0, 0.05) is 37.4 Å². The molecule has 0 radical (unpaired) electrons. The fourth-order valence-corrected chi connectivity index (χ4v) is 4.12. The molecule has 37 heavy (non-hydrogen) atoms. The molecule has 192 valence electrons. The highest BCUT2D eigenvalue weighted by molar-refractivity contribution is 6.06. The number of hydrogen-bond donors (Lipinski definition) is 1. The lowest BCUT2D eigenvalue weighted by Gasteiger charge is -2.32. The van der Waals surface area contributed by atoms with E-state index in [4.69, 9.17) is 14.3 Å². The molecule has 5 rings (SSSR count). The molecule has 0 unspecified atom stereocenters. The summed E-state index contributed by atoms with van der Waals surface area (Å²) in [6, 6.07) is 11.9. The smallest absolute Gasteiger partial charge is 0.435 e. The molecule has 1 aliphatic rings. The molecular formula is C25H21F3N4O5. The molecule has 1 aliphatic carbocycles. The van der Waals surface area contributed by atoms with Gasteiger partial charge in [0.25, 0.3) is 5.91 Å². The summed E-state index contributed by atoms with van der Waals surface area (Å²) in [5, 5.41) is 12.7. The molecule has 1 saturated carbocycles. The van der Waals surface area contributed by atoms with Crippen molar-refractivity contribution < 1.29 is 37.0 Å². The second-order valence-corrected chi connectivity index (χ2v) is 8.82. The number of carbonyl (C=O) groups is 2. The van der Waals surface area contributed by atoms with Crippen LogP contribution in [0, 0.1) is 12.8 Å². The maximum atomic E-state index is 13.4. The van der Waals surface area contributed by atoms with Gasteiger partial charge in [-0.25, -0.2) is 9.67 Å². The maximum Gasteiger partial charge on any atom is 0.435 e. The zero-order valence-electron chi connectivity index (χ0n) is 19.7. The summed E-state index contributed by atoms with van der Waals surface area (Å²) in [5.74, 6) is -1.68. The van der Waals surface area contributed by atoms with Crippen molar-refractivity contribution in [1.82, 2.24) is 14.8 Å². The molecule has 2 heterocycles. The van der Waals surface area contributed by atoms with Crippen LogP contribution >= 0.6 is 0 Å². The van der Waals surface area contributed by atoms with E-state index in [9.17, 15) is 22.8 Å². The van der Waals surface area contributed by atoms with Crippen LogP contribution in [0.3, 0.4) is 0 Å². The zero-order chi connectivity index (χ0) is 26.5. The number of ether oxygens (including phenoxy) is 1. The molecule has 9 nitrogen and oxygen atoms in total. The fourth-order valence-electron chi connectivity index (χ4n) is 4.12. The second kappa shape index (κ2) is 8.95. The van der Waals surface area contributed by atoms with Crippen LogP contribution in [-0.4, -0.2) is 44.9 Å². The van der Waals surface area contributed by atoms with E-state index in [1.165, 1.54) is 29.2 Å². The Morgan fingerprint density at radius 2 is 1.92 bits per heavy atom. The maximum absolute atomic E-state index is 13.4. The van der Waals surface area contributed by atoms with Gasteiger partial charge in [-0.05, 0) is 43.2 Å². The van der Waals surface area contributed by atoms with E-state index in [-0.39, 0.29) is 30.0 Å². The van der Waals surface area contributed by atoms with Gasteiger partial charge in [0.2, 0.25) is 5.88 Å². The summed E-state index contributed by atoms with van der Waals surface area (Å²) >= 11 is 0. The van der Waals surface area contributed by atoms with Crippen LogP contribution in [0.1, 0.15) is 34.8 Å². The van der Waals surface area contributed by atoms with Gasteiger partial charge in [0.1, 0.15) is 11.6 Å². The molecule has 1 amide bonds. The average molecular weight is 514 g/mol. The number of aliphatic carboxylic acids is 1. The number of carboxylic acids is 1. The van der Waals surface area contributed by atoms with E-state index in [1.807, 2.05) is 0 Å². The third-order valence-corrected chi connectivity index (χ3v) is 6.21. The minimum absolute atomic E-state index is 0.181. The van der Waals surface area contributed by atoms with Crippen molar-refractivity contribution in [3.05, 3.63) is 65.7 Å². The molecule has 2 aromatic heterocycles. The van der Waals surface area contributed by atoms with Gasteiger partial charge in [-0.3, -0.25) is 9.59 Å². The Morgan fingerprint density at radius 1 is 1.16 bits per heavy atom. The molecule has 4 aromatic rings. The second-order valence-electron chi connectivity index (χ2n) is 8.82. The first kappa shape index (κ1) is 24.3. The molecule has 0 saturated heterocycles. The van der Waals surface area contributed by atoms with E-state index < -0.39 is 35.8 Å². The van der Waals surface area contributed by atoms with Gasteiger partial charge < -0.3 is 19.2 Å². The SMILES string of the molecule is Cc1nc2ccc(N(C)C(=O)c3cccc(-n4nc(C(F)(F)F)cc4OC4CC(C(=O)O)C4)c3)cc2o1. The molecule has 0 bridgehead atoms. The predicted octanol–water partition coefficient (Wildman–Crippen LogP) is 4.86. The van der Waals surface area contributed by atoms with E-state index in [0.717, 1.165) is 10.7 Å². The van der Waals surface area contributed by atoms with Gasteiger partial charge in [-0.15, -0.1) is 0 Å². The van der Waals surface area contributed by atoms with Crippen molar-refractivity contribution in [2.24, 2.45) is 5.92 Å². The van der Waals surface area contributed by atoms with Crippen LogP contribution in [-0.2, 0) is 11.0 Å². The van der Waals surface area contributed by atoms with Crippen molar-refractivity contribution >= 4 is 28.7 Å². The number of hydrogen-bond acceptors (Lipinski definition) is 6. The Balaban J connectivity index is 1.43. The Bertz CT molecular complexity index is 1500. The quantitative estimate of drug-likeness (QED) is 0.391. The van der Waals surface area contributed by atoms with Crippen molar-refractivity contribution in [3.63, 3.8) is 0 Å². The molecule has 0 spiro atoms. The number of nitrogens with zero attached hydrogens (tertiary/aromatic N) is 4. The number of aryl methyl sites for hydroxylation is 1. The highest BCUT2D eigenvalue weighted by Crippen LogP contribution is 2.36. The highest BCUT2D eigenvalue weighted by Gasteiger charge is 2.39. The first-order valence-electron chi connectivity index (χ1n) is 11.3. The van der Waals surface area contributed by atoms with Crippen molar-refractivity contribution in [3.8, 4) is 11.6 Å². The third kappa shape index (κ3) is 4.74. The van der Waals surface area contributed by atoms with Crippen LogP contribution in [0.15, 0.2) is 52.9 Å². The summed E-state index contributed by atoms with van der Waals surface area (Å²) < 4.78 is 52.5. The first-order chi connectivity index (χ1) is 17.5. The third-order valence-electron chi connectivity index (χ3n) is 6.21. The highest BCUT2D eigenvalue weighted by atomic mass is 19.4. The lowest BCUT2D eigenvalue weighted by Crippen LogP contribution is -2.38. The van der Waals surface area contributed by atoms with Crippen LogP contribution in [0.4, 0.5) is 18.9 Å². The number of amides is 1. The molecule has 12 heteroatoms. The number of aromatic nitrogens is 3. The summed E-state index contributed by atoms with van der Waals surface area (Å²) in [5.41, 5.74) is 0.929. The molecule has 1 N–H and O–H groups in total. The number of halogens is 3. The standard InChI is InChI=1S/C25H21F3N4O5/c1-13-29-19-7-6-16(11-20(19)36-13)31(2)23(33)14-4-3-5-17(8-14)32-22(12-21(30-32)25(26,27)28)37-18-9-15(10-18)24(34)35/h3-8,11-12,15,18H,9-10H2,1-2H3,(H,34,35). The van der Waals surface area contributed by atoms with Crippen LogP contribution in [0.25, 0.3) is 16.8 Å². The number of rotatable bonds is 6. The summed E-state index contributed by atoms with van der Waals surface area (Å²) in [7, 11) is 1.57. The lowest BCUT2D eigenvalue weighted by molar-refractivity contribution is -0.148. The molecule has 1 fully saturated rings. The van der Waals surface area contributed by atoms with Crippen molar-refractivity contribution in [1.29, 1.82) is 0 Å². The van der Waals surface area contributed by atoms with E-state index >= 15 is 0 Å². The predicted molar refractivity (Wildman–Crippen MR) is 125 cm³/mol. The Morgan fingerprint density at radius 3 is 2.62 bits per heavy atom. The monoisotopic (exact) mass is 514 g/mol. The number of carbonyl (C=O) groups excluding carboxylic acids is 1. The van der Waals surface area contributed by atoms with Gasteiger partial charge in [0.05, 0.1) is 11.6 Å². The fraction of sp³-hybridized carbons (Fsp3) is 0.280. The van der Waals surface area contributed by atoms with Gasteiger partial charge in [-0.1, -0.05) is 6.07 Å². The van der Waals surface area contributed by atoms with Crippen LogP contribution < -0.4 is 9.64 Å². The minimum Gasteiger partial charge on any atom is -0.481 e. The Labute approximate surface area is 208 Å². The lowest BCUT2D eigenvalue weighted by atomic mass is 9.82. The normalized spacial score (nSPS) is 17.4. The van der Waals surface area contributed by atoms with Gasteiger partial charge >= 0.3 is 12.1 Å². The number of benzene rings is 2. The number of oxazole rings is 1. The topological polar surface area (TPSA) is 111 Å². The van der Waals surface area contributed by atoms with E-state index in [0.29, 0.717) is 22.7 Å². The van der Waals surface area contributed by atoms with Crippen molar-refractivity contribution in [2.75, 3.05) is 11.9 Å². The Kier molecular flexibility index (Phi) is 5.89. The molecule has 0 aliphatic heterocycles. The van der Waals surface area contributed by atoms with E-state index in [2.05, 4.69) is 10.1 Å². The average Bonchev–Trinajstić information content (AvgIpc) is 3.42. The van der Waals surface area contributed by atoms with Crippen molar-refractivity contribution in [2.45, 2.75) is 32.0 Å². The van der Waals surface area contributed by atoms with Crippen LogP contribution in [0.2, 0.25) is 0 Å². The number of carboxylic acid groups (broad SMARTS) is 1. The number of alkyl halides is 3. The summed E-state index contributed by atoms with van der Waals surface area (Å²) in [6.07, 6.45) is -4.92. The van der Waals surface area contributed by atoms with Crippen LogP contribution in [0.5, 0.6) is 5.88 Å². The van der Waals surface area contributed by atoms with Gasteiger partial charge in [0.15, 0.2) is 17.2 Å². The minimum atomic E-state index is -4.72. The molecular weight excluding hydrogens is 493 g/mol.